The molecule has 104 valence electrons. The van der Waals surface area contributed by atoms with Crippen LogP contribution in [-0.2, 0) is 14.3 Å². The summed E-state index contributed by atoms with van der Waals surface area (Å²) in [5.41, 5.74) is 1.03. The quantitative estimate of drug-likeness (QED) is 0.795. The number of carbonyl (C=O) groups is 2. The normalized spacial score (nSPS) is 19.4. The fourth-order valence-electron chi connectivity index (χ4n) is 2.27. The Morgan fingerprint density at radius 2 is 2.37 bits per heavy atom. The lowest BCUT2D eigenvalue weighted by Crippen LogP contribution is -2.41. The van der Waals surface area contributed by atoms with Gasteiger partial charge in [0.15, 0.2) is 0 Å². The van der Waals surface area contributed by atoms with Crippen molar-refractivity contribution in [2.75, 3.05) is 26.3 Å². The van der Waals surface area contributed by atoms with Gasteiger partial charge in [0.05, 0.1) is 0 Å². The number of ether oxygens (including phenoxy) is 1. The zero-order chi connectivity index (χ0) is 13.7. The van der Waals surface area contributed by atoms with Crippen molar-refractivity contribution in [3.63, 3.8) is 0 Å². The Bertz CT molecular complexity index is 432. The molecule has 7 heteroatoms. The topological polar surface area (TPSA) is 95.5 Å². The van der Waals surface area contributed by atoms with Crippen LogP contribution in [0.4, 0.5) is 0 Å². The Morgan fingerprint density at radius 1 is 1.53 bits per heavy atom. The highest BCUT2D eigenvalue weighted by molar-refractivity contribution is 5.78. The minimum absolute atomic E-state index is 0.162. The average Bonchev–Trinajstić information content (AvgIpc) is 2.92. The van der Waals surface area contributed by atoms with Crippen molar-refractivity contribution in [1.29, 1.82) is 0 Å². The Balaban J connectivity index is 1.83. The van der Waals surface area contributed by atoms with Gasteiger partial charge in [-0.2, -0.15) is 5.10 Å². The zero-order valence-corrected chi connectivity index (χ0v) is 10.5. The van der Waals surface area contributed by atoms with E-state index in [1.165, 1.54) is 0 Å². The van der Waals surface area contributed by atoms with Crippen LogP contribution < -0.4 is 0 Å². The maximum atomic E-state index is 11.9. The highest BCUT2D eigenvalue weighted by Crippen LogP contribution is 2.25. The number of amides is 1. The molecule has 0 saturated carbocycles. The fraction of sp³-hybridized carbons (Fsp3) is 0.583. The molecular weight excluding hydrogens is 250 g/mol. The lowest BCUT2D eigenvalue weighted by atomic mass is 9.95. The summed E-state index contributed by atoms with van der Waals surface area (Å²) in [7, 11) is 0. The van der Waals surface area contributed by atoms with Gasteiger partial charge < -0.3 is 14.7 Å². The standard InChI is InChI=1S/C12H17N3O4/c16-11(7-19-8-12(17)18)15-5-1-2-9(6-15)10-3-4-13-14-10/h3-4,9H,1-2,5-8H2,(H,13,14)(H,17,18). The molecule has 2 heterocycles. The molecule has 19 heavy (non-hydrogen) atoms. The number of likely N-dealkylation sites (tertiary alicyclic amines) is 1. The molecule has 1 aliphatic rings. The van der Waals surface area contributed by atoms with Crippen molar-refractivity contribution >= 4 is 11.9 Å². The molecule has 1 atom stereocenters. The number of nitrogens with one attached hydrogen (secondary N) is 1. The average molecular weight is 267 g/mol. The number of aromatic nitrogens is 2. The molecule has 2 rings (SSSR count). The number of carboxylic acid groups (broad SMARTS) is 1. The second-order valence-corrected chi connectivity index (χ2v) is 4.58. The molecule has 1 aromatic heterocycles. The predicted molar refractivity (Wildman–Crippen MR) is 65.6 cm³/mol. The molecule has 1 aromatic rings. The molecule has 0 aliphatic carbocycles. The Hall–Kier alpha value is -1.89. The van der Waals surface area contributed by atoms with Crippen molar-refractivity contribution in [2.24, 2.45) is 0 Å². The minimum Gasteiger partial charge on any atom is -0.480 e. The lowest BCUT2D eigenvalue weighted by molar-refractivity contribution is -0.146. The van der Waals surface area contributed by atoms with Crippen molar-refractivity contribution in [3.05, 3.63) is 18.0 Å². The van der Waals surface area contributed by atoms with E-state index < -0.39 is 12.6 Å². The Morgan fingerprint density at radius 3 is 3.05 bits per heavy atom. The molecule has 0 bridgehead atoms. The molecule has 1 fully saturated rings. The van der Waals surface area contributed by atoms with Gasteiger partial charge in [-0.05, 0) is 18.9 Å². The molecule has 1 amide bonds. The van der Waals surface area contributed by atoms with Crippen molar-refractivity contribution < 1.29 is 19.4 Å². The highest BCUT2D eigenvalue weighted by Gasteiger charge is 2.25. The van der Waals surface area contributed by atoms with Gasteiger partial charge in [0.1, 0.15) is 13.2 Å². The first-order valence-corrected chi connectivity index (χ1v) is 6.23. The van der Waals surface area contributed by atoms with E-state index in [9.17, 15) is 9.59 Å². The van der Waals surface area contributed by atoms with E-state index in [0.29, 0.717) is 13.1 Å². The molecule has 7 nitrogen and oxygen atoms in total. The van der Waals surface area contributed by atoms with E-state index in [-0.39, 0.29) is 18.4 Å². The third kappa shape index (κ3) is 3.78. The van der Waals surface area contributed by atoms with Gasteiger partial charge >= 0.3 is 5.97 Å². The van der Waals surface area contributed by atoms with Crippen LogP contribution in [0.15, 0.2) is 12.3 Å². The summed E-state index contributed by atoms with van der Waals surface area (Å²) in [5.74, 6) is -0.966. The predicted octanol–water partition coefficient (Wildman–Crippen LogP) is 0.217. The summed E-state index contributed by atoms with van der Waals surface area (Å²) < 4.78 is 4.83. The van der Waals surface area contributed by atoms with Crippen LogP contribution in [0.5, 0.6) is 0 Å². The third-order valence-electron chi connectivity index (χ3n) is 3.19. The van der Waals surface area contributed by atoms with E-state index in [4.69, 9.17) is 9.84 Å². The maximum Gasteiger partial charge on any atom is 0.329 e. The highest BCUT2D eigenvalue weighted by atomic mass is 16.5. The number of carbonyl (C=O) groups excluding carboxylic acids is 1. The van der Waals surface area contributed by atoms with Gasteiger partial charge in [-0.15, -0.1) is 0 Å². The van der Waals surface area contributed by atoms with E-state index >= 15 is 0 Å². The van der Waals surface area contributed by atoms with Crippen LogP contribution in [0, 0.1) is 0 Å². The number of H-pyrrole nitrogens is 1. The number of nitrogens with zero attached hydrogens (tertiary/aromatic N) is 2. The Labute approximate surface area is 110 Å². The van der Waals surface area contributed by atoms with E-state index in [1.54, 1.807) is 11.1 Å². The van der Waals surface area contributed by atoms with E-state index in [1.807, 2.05) is 6.07 Å². The minimum atomic E-state index is -1.07. The van der Waals surface area contributed by atoms with Crippen LogP contribution >= 0.6 is 0 Å². The summed E-state index contributed by atoms with van der Waals surface area (Å²) in [4.78, 5) is 23.9. The number of piperidine rings is 1. The van der Waals surface area contributed by atoms with E-state index in [0.717, 1.165) is 18.5 Å². The molecule has 0 aromatic carbocycles. The van der Waals surface area contributed by atoms with Crippen LogP contribution in [0.2, 0.25) is 0 Å². The first-order chi connectivity index (χ1) is 9.16. The number of carboxylic acids is 1. The summed E-state index contributed by atoms with van der Waals surface area (Å²) in [6.07, 6.45) is 3.64. The van der Waals surface area contributed by atoms with Crippen LogP contribution in [0.3, 0.4) is 0 Å². The van der Waals surface area contributed by atoms with Gasteiger partial charge in [0.2, 0.25) is 5.91 Å². The van der Waals surface area contributed by atoms with Crippen LogP contribution in [0.1, 0.15) is 24.5 Å². The van der Waals surface area contributed by atoms with E-state index in [2.05, 4.69) is 10.2 Å². The largest absolute Gasteiger partial charge is 0.480 e. The smallest absolute Gasteiger partial charge is 0.329 e. The van der Waals surface area contributed by atoms with Crippen molar-refractivity contribution in [1.82, 2.24) is 15.1 Å². The number of hydrogen-bond acceptors (Lipinski definition) is 4. The number of rotatable bonds is 5. The molecule has 1 aliphatic heterocycles. The molecule has 1 saturated heterocycles. The molecule has 0 radical (unpaired) electrons. The van der Waals surface area contributed by atoms with Crippen LogP contribution in [0.25, 0.3) is 0 Å². The van der Waals surface area contributed by atoms with Gasteiger partial charge in [0.25, 0.3) is 0 Å². The number of aliphatic carboxylic acids is 1. The monoisotopic (exact) mass is 267 g/mol. The summed E-state index contributed by atoms with van der Waals surface area (Å²) in [5, 5.41) is 15.3. The molecule has 0 spiro atoms. The zero-order valence-electron chi connectivity index (χ0n) is 10.5. The first kappa shape index (κ1) is 13.5. The fourth-order valence-corrected chi connectivity index (χ4v) is 2.27. The van der Waals surface area contributed by atoms with Gasteiger partial charge in [-0.3, -0.25) is 9.89 Å². The maximum absolute atomic E-state index is 11.9. The first-order valence-electron chi connectivity index (χ1n) is 6.23. The molecule has 1 unspecified atom stereocenters. The summed E-state index contributed by atoms with van der Waals surface area (Å²) >= 11 is 0. The second kappa shape index (κ2) is 6.33. The van der Waals surface area contributed by atoms with Gasteiger partial charge in [0, 0.05) is 30.9 Å². The lowest BCUT2D eigenvalue weighted by Gasteiger charge is -2.32. The van der Waals surface area contributed by atoms with Gasteiger partial charge in [-0.1, -0.05) is 0 Å². The van der Waals surface area contributed by atoms with Crippen LogP contribution in [-0.4, -0.2) is 58.4 Å². The molecular formula is C12H17N3O4. The van der Waals surface area contributed by atoms with Crippen molar-refractivity contribution in [3.8, 4) is 0 Å². The van der Waals surface area contributed by atoms with Crippen molar-refractivity contribution in [2.45, 2.75) is 18.8 Å². The second-order valence-electron chi connectivity index (χ2n) is 4.58. The van der Waals surface area contributed by atoms with Gasteiger partial charge in [-0.25, -0.2) is 4.79 Å². The summed E-state index contributed by atoms with van der Waals surface area (Å²) in [6, 6.07) is 1.92. The molecule has 2 N–H and O–H groups in total. The number of aromatic amines is 1. The Kier molecular flexibility index (Phi) is 4.51. The SMILES string of the molecule is O=C(O)COCC(=O)N1CCCC(c2ccn[nH]2)C1. The third-order valence-corrected chi connectivity index (χ3v) is 3.19. The summed E-state index contributed by atoms with van der Waals surface area (Å²) in [6.45, 7) is 0.697. The number of hydrogen-bond donors (Lipinski definition) is 2.